The number of rotatable bonds is 8. The van der Waals surface area contributed by atoms with Crippen molar-refractivity contribution in [2.45, 2.75) is 36.3 Å². The van der Waals surface area contributed by atoms with Gasteiger partial charge in [-0.05, 0) is 41.3 Å². The van der Waals surface area contributed by atoms with Gasteiger partial charge in [0.15, 0.2) is 0 Å². The molecule has 22 heavy (non-hydrogen) atoms. The lowest BCUT2D eigenvalue weighted by atomic mass is 10.0. The van der Waals surface area contributed by atoms with Gasteiger partial charge in [0.25, 0.3) is 0 Å². The normalized spacial score (nSPS) is 10.9. The zero-order valence-corrected chi connectivity index (χ0v) is 16.1. The summed E-state index contributed by atoms with van der Waals surface area (Å²) in [6, 6.07) is 16.9. The molecule has 2 rings (SSSR count). The maximum absolute atomic E-state index is 5.79. The van der Waals surface area contributed by atoms with Crippen LogP contribution in [-0.2, 0) is 0 Å². The van der Waals surface area contributed by atoms with E-state index in [0.717, 1.165) is 18.8 Å². The summed E-state index contributed by atoms with van der Waals surface area (Å²) in [6.07, 6.45) is 4.94. The Hall–Kier alpha value is -0.800. The minimum atomic E-state index is 0.186. The van der Waals surface area contributed by atoms with Crippen LogP contribution in [0.5, 0.6) is 5.75 Å². The van der Waals surface area contributed by atoms with Gasteiger partial charge < -0.3 is 4.74 Å². The van der Waals surface area contributed by atoms with Crippen LogP contribution in [-0.4, -0.2) is 6.61 Å². The molecule has 118 valence electrons. The van der Waals surface area contributed by atoms with Crippen molar-refractivity contribution in [2.75, 3.05) is 6.61 Å². The highest BCUT2D eigenvalue weighted by molar-refractivity contribution is 9.24. The van der Waals surface area contributed by atoms with Gasteiger partial charge in [-0.1, -0.05) is 88.4 Å². The molecule has 0 amide bonds. The topological polar surface area (TPSA) is 9.23 Å². The molecule has 1 nitrogen and oxygen atoms in total. The molecule has 0 aromatic heterocycles. The third-order valence-corrected chi connectivity index (χ3v) is 4.65. The predicted octanol–water partition coefficient (Wildman–Crippen LogP) is 7.10. The van der Waals surface area contributed by atoms with Gasteiger partial charge in [-0.2, -0.15) is 0 Å². The zero-order chi connectivity index (χ0) is 15.8. The molecular weight excluding hydrogens is 404 g/mol. The number of hydrogen-bond acceptors (Lipinski definition) is 1. The van der Waals surface area contributed by atoms with Gasteiger partial charge in [0, 0.05) is 0 Å². The standard InChI is InChI=1S/C19H22Br2O/c1-2-3-4-5-13-22-18-11-9-15(10-12-18)16-7-6-8-17(14-16)19(20)21/h6-12,14,19H,2-5,13H2,1H3. The molecule has 0 unspecified atom stereocenters. The van der Waals surface area contributed by atoms with Crippen LogP contribution in [0.1, 0.15) is 41.9 Å². The van der Waals surface area contributed by atoms with E-state index in [9.17, 15) is 0 Å². The summed E-state index contributed by atoms with van der Waals surface area (Å²) in [7, 11) is 0. The van der Waals surface area contributed by atoms with Crippen molar-refractivity contribution >= 4 is 31.9 Å². The highest BCUT2D eigenvalue weighted by Gasteiger charge is 2.05. The summed E-state index contributed by atoms with van der Waals surface area (Å²) in [5, 5.41) is 0. The van der Waals surface area contributed by atoms with Gasteiger partial charge in [0.2, 0.25) is 0 Å². The molecule has 3 heteroatoms. The Balaban J connectivity index is 1.95. The lowest BCUT2D eigenvalue weighted by Crippen LogP contribution is -1.96. The van der Waals surface area contributed by atoms with E-state index in [1.54, 1.807) is 0 Å². The summed E-state index contributed by atoms with van der Waals surface area (Å²) in [6.45, 7) is 3.03. The monoisotopic (exact) mass is 424 g/mol. The van der Waals surface area contributed by atoms with Crippen LogP contribution in [0.25, 0.3) is 11.1 Å². The Morgan fingerprint density at radius 1 is 0.909 bits per heavy atom. The average Bonchev–Trinajstić information content (AvgIpc) is 2.55. The second-order valence-electron chi connectivity index (χ2n) is 5.36. The largest absolute Gasteiger partial charge is 0.494 e. The number of hydrogen-bond donors (Lipinski definition) is 0. The van der Waals surface area contributed by atoms with Crippen LogP contribution in [0.15, 0.2) is 48.5 Å². The quantitative estimate of drug-likeness (QED) is 0.323. The molecule has 0 atom stereocenters. The predicted molar refractivity (Wildman–Crippen MR) is 102 cm³/mol. The minimum absolute atomic E-state index is 0.186. The first kappa shape index (κ1) is 17.6. The van der Waals surface area contributed by atoms with Gasteiger partial charge in [-0.3, -0.25) is 0 Å². The Kier molecular flexibility index (Phi) is 7.47. The van der Waals surface area contributed by atoms with Crippen molar-refractivity contribution in [3.8, 4) is 16.9 Å². The van der Waals surface area contributed by atoms with E-state index in [4.69, 9.17) is 4.74 Å². The molecule has 0 aliphatic rings. The van der Waals surface area contributed by atoms with Crippen molar-refractivity contribution in [3.05, 3.63) is 54.1 Å². The molecule has 0 aliphatic carbocycles. The molecule has 0 heterocycles. The Labute approximate surface area is 150 Å². The van der Waals surface area contributed by atoms with Crippen LogP contribution >= 0.6 is 31.9 Å². The van der Waals surface area contributed by atoms with Crippen LogP contribution in [0.4, 0.5) is 0 Å². The maximum atomic E-state index is 5.79. The first-order valence-electron chi connectivity index (χ1n) is 7.82. The second kappa shape index (κ2) is 9.36. The van der Waals surface area contributed by atoms with Gasteiger partial charge in [-0.15, -0.1) is 0 Å². The molecule has 2 aromatic carbocycles. The van der Waals surface area contributed by atoms with Crippen molar-refractivity contribution in [1.82, 2.24) is 0 Å². The molecule has 2 aromatic rings. The lowest BCUT2D eigenvalue weighted by molar-refractivity contribution is 0.305. The lowest BCUT2D eigenvalue weighted by Gasteiger charge is -2.09. The second-order valence-corrected chi connectivity index (χ2v) is 8.42. The fourth-order valence-corrected chi connectivity index (χ4v) is 2.89. The SMILES string of the molecule is CCCCCCOc1ccc(-c2cccc(C(Br)Br)c2)cc1. The van der Waals surface area contributed by atoms with Gasteiger partial charge in [-0.25, -0.2) is 0 Å². The van der Waals surface area contributed by atoms with Crippen LogP contribution in [0.2, 0.25) is 0 Å². The van der Waals surface area contributed by atoms with E-state index in [1.807, 2.05) is 0 Å². The van der Waals surface area contributed by atoms with Crippen molar-refractivity contribution in [3.63, 3.8) is 0 Å². The molecule has 0 bridgehead atoms. The number of ether oxygens (including phenoxy) is 1. The van der Waals surface area contributed by atoms with E-state index >= 15 is 0 Å². The van der Waals surface area contributed by atoms with Gasteiger partial charge in [0.1, 0.15) is 5.75 Å². The highest BCUT2D eigenvalue weighted by atomic mass is 79.9. The third-order valence-electron chi connectivity index (χ3n) is 3.59. The minimum Gasteiger partial charge on any atom is -0.494 e. The van der Waals surface area contributed by atoms with Gasteiger partial charge >= 0.3 is 0 Å². The summed E-state index contributed by atoms with van der Waals surface area (Å²) < 4.78 is 5.98. The fourth-order valence-electron chi connectivity index (χ4n) is 2.32. The number of benzene rings is 2. The molecular formula is C19H22Br2O. The van der Waals surface area contributed by atoms with Crippen LogP contribution < -0.4 is 4.74 Å². The van der Waals surface area contributed by atoms with E-state index in [-0.39, 0.29) is 3.74 Å². The summed E-state index contributed by atoms with van der Waals surface area (Å²) >= 11 is 7.09. The molecule has 0 saturated carbocycles. The Morgan fingerprint density at radius 2 is 1.68 bits per heavy atom. The highest BCUT2D eigenvalue weighted by Crippen LogP contribution is 2.32. The molecule has 0 spiro atoms. The molecule has 0 radical (unpaired) electrons. The average molecular weight is 426 g/mol. The Bertz CT molecular complexity index is 564. The van der Waals surface area contributed by atoms with E-state index in [1.165, 1.54) is 36.0 Å². The smallest absolute Gasteiger partial charge is 0.119 e. The first-order chi connectivity index (χ1) is 10.7. The molecule has 0 aliphatic heterocycles. The first-order valence-corrected chi connectivity index (χ1v) is 9.65. The maximum Gasteiger partial charge on any atom is 0.119 e. The fraction of sp³-hybridized carbons (Fsp3) is 0.368. The molecule has 0 N–H and O–H groups in total. The van der Waals surface area contributed by atoms with Crippen molar-refractivity contribution in [2.24, 2.45) is 0 Å². The number of alkyl halides is 2. The zero-order valence-electron chi connectivity index (χ0n) is 12.9. The van der Waals surface area contributed by atoms with E-state index in [2.05, 4.69) is 87.3 Å². The number of halogens is 2. The molecule has 0 fully saturated rings. The van der Waals surface area contributed by atoms with Crippen LogP contribution in [0.3, 0.4) is 0 Å². The van der Waals surface area contributed by atoms with E-state index < -0.39 is 0 Å². The van der Waals surface area contributed by atoms with Crippen molar-refractivity contribution in [1.29, 1.82) is 0 Å². The van der Waals surface area contributed by atoms with Crippen molar-refractivity contribution < 1.29 is 4.74 Å². The summed E-state index contributed by atoms with van der Waals surface area (Å²) in [5.74, 6) is 0.954. The van der Waals surface area contributed by atoms with E-state index in [0.29, 0.717) is 0 Å². The third kappa shape index (κ3) is 5.44. The number of unbranched alkanes of at least 4 members (excludes halogenated alkanes) is 3. The molecule has 0 saturated heterocycles. The van der Waals surface area contributed by atoms with Gasteiger partial charge in [0.05, 0.1) is 10.3 Å². The van der Waals surface area contributed by atoms with Crippen LogP contribution in [0, 0.1) is 0 Å². The summed E-state index contributed by atoms with van der Waals surface area (Å²) in [4.78, 5) is 0. The summed E-state index contributed by atoms with van der Waals surface area (Å²) in [5.41, 5.74) is 3.64. The Morgan fingerprint density at radius 3 is 2.36 bits per heavy atom.